The van der Waals surface area contributed by atoms with Gasteiger partial charge in [0.15, 0.2) is 0 Å². The van der Waals surface area contributed by atoms with Gasteiger partial charge in [-0.3, -0.25) is 4.79 Å². The molecule has 1 aromatic rings. The van der Waals surface area contributed by atoms with E-state index in [-0.39, 0.29) is 17.8 Å². The van der Waals surface area contributed by atoms with Gasteiger partial charge in [-0.2, -0.15) is 13.2 Å². The summed E-state index contributed by atoms with van der Waals surface area (Å²) >= 11 is 0. The zero-order valence-corrected chi connectivity index (χ0v) is 10.9. The number of likely N-dealkylation sites (tertiary alicyclic amines) is 1. The topological polar surface area (TPSA) is 66.6 Å². The lowest BCUT2D eigenvalue weighted by molar-refractivity contribution is -0.137. The lowest BCUT2D eigenvalue weighted by Crippen LogP contribution is -2.34. The Kier molecular flexibility index (Phi) is 3.41. The van der Waals surface area contributed by atoms with Crippen molar-refractivity contribution in [1.82, 2.24) is 4.90 Å². The van der Waals surface area contributed by atoms with Gasteiger partial charge in [0.05, 0.1) is 16.7 Å². The number of alkyl halides is 3. The number of hydrogen-bond donors (Lipinski definition) is 2. The number of carbonyl (C=O) groups excluding carboxylic acids is 1. The Morgan fingerprint density at radius 3 is 2.60 bits per heavy atom. The molecule has 3 N–H and O–H groups in total. The third-order valence-corrected chi connectivity index (χ3v) is 3.35. The van der Waals surface area contributed by atoms with Crippen LogP contribution in [0.15, 0.2) is 18.2 Å². The average molecular weight is 288 g/mol. The number of amides is 1. The first kappa shape index (κ1) is 14.6. The molecule has 1 heterocycles. The van der Waals surface area contributed by atoms with E-state index in [1.165, 1.54) is 4.90 Å². The number of aliphatic hydroxyl groups is 1. The quantitative estimate of drug-likeness (QED) is 0.775. The smallest absolute Gasteiger partial charge is 0.398 e. The molecule has 0 aromatic heterocycles. The summed E-state index contributed by atoms with van der Waals surface area (Å²) in [4.78, 5) is 13.5. The molecule has 4 nitrogen and oxygen atoms in total. The molecule has 1 unspecified atom stereocenters. The number of β-amino-alcohol motifs (C(OH)–C–C–N with tert-alkyl or cyclic N) is 1. The minimum Gasteiger partial charge on any atom is -0.398 e. The van der Waals surface area contributed by atoms with Gasteiger partial charge in [0.2, 0.25) is 0 Å². The zero-order chi connectivity index (χ0) is 15.1. The van der Waals surface area contributed by atoms with Gasteiger partial charge in [0.25, 0.3) is 5.91 Å². The van der Waals surface area contributed by atoms with Gasteiger partial charge >= 0.3 is 6.18 Å². The van der Waals surface area contributed by atoms with E-state index in [4.69, 9.17) is 5.73 Å². The van der Waals surface area contributed by atoms with Crippen molar-refractivity contribution in [1.29, 1.82) is 0 Å². The van der Waals surface area contributed by atoms with E-state index in [9.17, 15) is 23.1 Å². The van der Waals surface area contributed by atoms with E-state index in [1.54, 1.807) is 6.92 Å². The van der Waals surface area contributed by atoms with Crippen molar-refractivity contribution in [2.75, 3.05) is 18.8 Å². The Hall–Kier alpha value is -1.76. The number of nitrogens with two attached hydrogens (primary N) is 1. The maximum Gasteiger partial charge on any atom is 0.416 e. The van der Waals surface area contributed by atoms with Crippen molar-refractivity contribution >= 4 is 11.6 Å². The fourth-order valence-corrected chi connectivity index (χ4v) is 2.21. The van der Waals surface area contributed by atoms with Gasteiger partial charge in [-0.05, 0) is 31.5 Å². The molecular formula is C13H15F3N2O2. The third kappa shape index (κ3) is 2.87. The van der Waals surface area contributed by atoms with E-state index in [0.29, 0.717) is 13.0 Å². The van der Waals surface area contributed by atoms with Crippen LogP contribution in [0.3, 0.4) is 0 Å². The first-order valence-electron chi connectivity index (χ1n) is 6.08. The molecule has 1 fully saturated rings. The van der Waals surface area contributed by atoms with Crippen molar-refractivity contribution in [3.63, 3.8) is 0 Å². The second-order valence-electron chi connectivity index (χ2n) is 5.27. The van der Waals surface area contributed by atoms with Crippen LogP contribution in [0.4, 0.5) is 18.9 Å². The largest absolute Gasteiger partial charge is 0.416 e. The van der Waals surface area contributed by atoms with Crippen LogP contribution in [0.2, 0.25) is 0 Å². The minimum absolute atomic E-state index is 0.00505. The van der Waals surface area contributed by atoms with E-state index >= 15 is 0 Å². The summed E-state index contributed by atoms with van der Waals surface area (Å²) in [5.41, 5.74) is 3.48. The molecule has 1 aliphatic rings. The summed E-state index contributed by atoms with van der Waals surface area (Å²) in [6, 6.07) is 2.67. The van der Waals surface area contributed by atoms with Crippen molar-refractivity contribution in [2.24, 2.45) is 0 Å². The molecule has 1 aliphatic heterocycles. The monoisotopic (exact) mass is 288 g/mol. The molecule has 0 bridgehead atoms. The highest BCUT2D eigenvalue weighted by atomic mass is 19.4. The Bertz CT molecular complexity index is 541. The van der Waals surface area contributed by atoms with Gasteiger partial charge in [0.1, 0.15) is 0 Å². The van der Waals surface area contributed by atoms with Gasteiger partial charge < -0.3 is 15.7 Å². The van der Waals surface area contributed by atoms with Gasteiger partial charge in [-0.25, -0.2) is 0 Å². The molecule has 110 valence electrons. The lowest BCUT2D eigenvalue weighted by atomic mass is 10.1. The number of halogens is 3. The molecule has 0 aliphatic carbocycles. The normalized spacial score (nSPS) is 23.1. The lowest BCUT2D eigenvalue weighted by Gasteiger charge is -2.20. The number of nitrogens with zero attached hydrogens (tertiary/aromatic N) is 1. The standard InChI is InChI=1S/C13H15F3N2O2/c1-12(20)4-5-18(7-12)11(19)9-6-8(13(14,15)16)2-3-10(9)17/h2-3,6,20H,4-5,7,17H2,1H3. The molecule has 7 heteroatoms. The van der Waals surface area contributed by atoms with Crippen molar-refractivity contribution in [2.45, 2.75) is 25.1 Å². The summed E-state index contributed by atoms with van der Waals surface area (Å²) in [6.07, 6.45) is -4.14. The van der Waals surface area contributed by atoms with Gasteiger partial charge in [0, 0.05) is 18.8 Å². The predicted octanol–water partition coefficient (Wildman–Crippen LogP) is 1.88. The summed E-state index contributed by atoms with van der Waals surface area (Å²) in [5.74, 6) is -0.591. The molecule has 1 saturated heterocycles. The van der Waals surface area contributed by atoms with Crippen molar-refractivity contribution in [3.05, 3.63) is 29.3 Å². The van der Waals surface area contributed by atoms with Gasteiger partial charge in [-0.1, -0.05) is 0 Å². The van der Waals surface area contributed by atoms with Crippen LogP contribution >= 0.6 is 0 Å². The number of benzene rings is 1. The molecule has 0 spiro atoms. The molecule has 20 heavy (non-hydrogen) atoms. The van der Waals surface area contributed by atoms with E-state index in [2.05, 4.69) is 0 Å². The van der Waals surface area contributed by atoms with Crippen LogP contribution in [0.25, 0.3) is 0 Å². The summed E-state index contributed by atoms with van der Waals surface area (Å²) in [5, 5.41) is 9.81. The molecule has 1 aromatic carbocycles. The molecule has 2 rings (SSSR count). The number of carbonyl (C=O) groups is 1. The van der Waals surface area contributed by atoms with Crippen LogP contribution < -0.4 is 5.73 Å². The highest BCUT2D eigenvalue weighted by Crippen LogP contribution is 2.32. The van der Waals surface area contributed by atoms with E-state index < -0.39 is 23.2 Å². The second-order valence-corrected chi connectivity index (χ2v) is 5.27. The first-order valence-corrected chi connectivity index (χ1v) is 6.08. The minimum atomic E-state index is -4.53. The molecule has 0 radical (unpaired) electrons. The van der Waals surface area contributed by atoms with Crippen LogP contribution in [-0.2, 0) is 6.18 Å². The molecule has 0 saturated carbocycles. The third-order valence-electron chi connectivity index (χ3n) is 3.35. The Morgan fingerprint density at radius 2 is 2.10 bits per heavy atom. The Balaban J connectivity index is 2.31. The maximum atomic E-state index is 12.7. The SMILES string of the molecule is CC1(O)CCN(C(=O)c2cc(C(F)(F)F)ccc2N)C1. The summed E-state index contributed by atoms with van der Waals surface area (Å²) in [7, 11) is 0. The predicted molar refractivity (Wildman–Crippen MR) is 67.0 cm³/mol. The van der Waals surface area contributed by atoms with Gasteiger partial charge in [-0.15, -0.1) is 0 Å². The van der Waals surface area contributed by atoms with E-state index in [1.807, 2.05) is 0 Å². The average Bonchev–Trinajstić information content (AvgIpc) is 2.68. The highest BCUT2D eigenvalue weighted by molar-refractivity contribution is 5.99. The molecule has 1 amide bonds. The number of hydrogen-bond acceptors (Lipinski definition) is 3. The van der Waals surface area contributed by atoms with Crippen LogP contribution in [0, 0.1) is 0 Å². The summed E-state index contributed by atoms with van der Waals surface area (Å²) < 4.78 is 38.0. The van der Waals surface area contributed by atoms with Crippen molar-refractivity contribution < 1.29 is 23.1 Å². The first-order chi connectivity index (χ1) is 9.10. The number of rotatable bonds is 1. The Morgan fingerprint density at radius 1 is 1.45 bits per heavy atom. The highest BCUT2D eigenvalue weighted by Gasteiger charge is 2.36. The van der Waals surface area contributed by atoms with Crippen LogP contribution in [-0.4, -0.2) is 34.6 Å². The molecule has 1 atom stereocenters. The van der Waals surface area contributed by atoms with Crippen LogP contribution in [0.1, 0.15) is 29.3 Å². The fourth-order valence-electron chi connectivity index (χ4n) is 2.21. The Labute approximate surface area is 114 Å². The number of anilines is 1. The summed E-state index contributed by atoms with van der Waals surface area (Å²) in [6.45, 7) is 1.96. The fraction of sp³-hybridized carbons (Fsp3) is 0.462. The maximum absolute atomic E-state index is 12.7. The second kappa shape index (κ2) is 4.66. The number of nitrogen functional groups attached to an aromatic ring is 1. The van der Waals surface area contributed by atoms with Crippen molar-refractivity contribution in [3.8, 4) is 0 Å². The van der Waals surface area contributed by atoms with E-state index in [0.717, 1.165) is 18.2 Å². The van der Waals surface area contributed by atoms with Crippen LogP contribution in [0.5, 0.6) is 0 Å². The molecular weight excluding hydrogens is 273 g/mol. The zero-order valence-electron chi connectivity index (χ0n) is 10.9.